The highest BCUT2D eigenvalue weighted by Gasteiger charge is 2.31. The molecule has 0 aliphatic carbocycles. The Labute approximate surface area is 83.6 Å². The van der Waals surface area contributed by atoms with Crippen LogP contribution in [0.5, 0.6) is 0 Å². The maximum atomic E-state index is 11.0. The predicted molar refractivity (Wildman–Crippen MR) is 55.0 cm³/mol. The normalized spacial score (nSPS) is 14.8. The number of hydrogen-bond acceptors (Lipinski definition) is 2. The topological polar surface area (TPSA) is 63.3 Å². The fourth-order valence-corrected chi connectivity index (χ4v) is 1.45. The molecule has 0 bridgehead atoms. The first kappa shape index (κ1) is 10.7. The number of carboxylic acids is 1. The van der Waals surface area contributed by atoms with Crippen molar-refractivity contribution in [1.82, 2.24) is 0 Å². The van der Waals surface area contributed by atoms with Crippen molar-refractivity contribution in [3.63, 3.8) is 0 Å². The average Bonchev–Trinajstić information content (AvgIpc) is 2.17. The molecule has 0 spiro atoms. The lowest BCUT2D eigenvalue weighted by molar-refractivity contribution is -0.143. The summed E-state index contributed by atoms with van der Waals surface area (Å²) in [4.78, 5) is 11.0. The van der Waals surface area contributed by atoms with E-state index in [1.54, 1.807) is 6.07 Å². The van der Waals surface area contributed by atoms with Crippen LogP contribution in [0.25, 0.3) is 0 Å². The van der Waals surface area contributed by atoms with Gasteiger partial charge in [0.25, 0.3) is 0 Å². The fourth-order valence-electron chi connectivity index (χ4n) is 1.45. The molecule has 0 fully saturated rings. The van der Waals surface area contributed by atoms with Gasteiger partial charge in [0.2, 0.25) is 0 Å². The van der Waals surface area contributed by atoms with E-state index in [4.69, 9.17) is 10.8 Å². The van der Waals surface area contributed by atoms with Gasteiger partial charge in [0.1, 0.15) is 5.54 Å². The van der Waals surface area contributed by atoms with Crippen LogP contribution in [-0.2, 0) is 16.8 Å². The standard InChI is InChI=1S/C11H15NO2/c1-3-8-6-4-5-7-9(8)11(2,12)10(13)14/h4-7H,3,12H2,1-2H3,(H,13,14)/t11-/m0/s1. The molecule has 1 rings (SSSR count). The summed E-state index contributed by atoms with van der Waals surface area (Å²) >= 11 is 0. The zero-order valence-corrected chi connectivity index (χ0v) is 8.45. The Morgan fingerprint density at radius 1 is 1.50 bits per heavy atom. The molecular formula is C11H15NO2. The SMILES string of the molecule is CCc1ccccc1[C@](C)(N)C(=O)O. The number of nitrogens with two attached hydrogens (primary N) is 1. The average molecular weight is 193 g/mol. The first-order valence-corrected chi connectivity index (χ1v) is 4.60. The summed E-state index contributed by atoms with van der Waals surface area (Å²) in [5.41, 5.74) is 6.13. The van der Waals surface area contributed by atoms with E-state index in [1.807, 2.05) is 25.1 Å². The van der Waals surface area contributed by atoms with E-state index in [-0.39, 0.29) is 0 Å². The monoisotopic (exact) mass is 193 g/mol. The van der Waals surface area contributed by atoms with Crippen molar-refractivity contribution in [1.29, 1.82) is 0 Å². The van der Waals surface area contributed by atoms with E-state index >= 15 is 0 Å². The molecule has 0 saturated carbocycles. The van der Waals surface area contributed by atoms with Crippen molar-refractivity contribution >= 4 is 5.97 Å². The second kappa shape index (κ2) is 3.80. The minimum absolute atomic E-state index is 0.690. The molecule has 1 aromatic carbocycles. The summed E-state index contributed by atoms with van der Waals surface area (Å²) in [5.74, 6) is -1.00. The molecule has 0 aliphatic rings. The van der Waals surface area contributed by atoms with Crippen LogP contribution in [-0.4, -0.2) is 11.1 Å². The number of carbonyl (C=O) groups is 1. The second-order valence-electron chi connectivity index (χ2n) is 3.52. The number of aliphatic carboxylic acids is 1. The van der Waals surface area contributed by atoms with Crippen molar-refractivity contribution in [3.8, 4) is 0 Å². The molecule has 3 nitrogen and oxygen atoms in total. The highest BCUT2D eigenvalue weighted by atomic mass is 16.4. The minimum atomic E-state index is -1.30. The number of benzene rings is 1. The molecule has 1 atom stereocenters. The van der Waals surface area contributed by atoms with Gasteiger partial charge in [0.05, 0.1) is 0 Å². The summed E-state index contributed by atoms with van der Waals surface area (Å²) < 4.78 is 0. The first-order valence-electron chi connectivity index (χ1n) is 4.60. The zero-order valence-electron chi connectivity index (χ0n) is 8.45. The Morgan fingerprint density at radius 3 is 2.57 bits per heavy atom. The third-order valence-electron chi connectivity index (χ3n) is 2.40. The van der Waals surface area contributed by atoms with Gasteiger partial charge in [-0.3, -0.25) is 0 Å². The van der Waals surface area contributed by atoms with Gasteiger partial charge in [-0.05, 0) is 24.5 Å². The van der Waals surface area contributed by atoms with E-state index in [9.17, 15) is 4.79 Å². The largest absolute Gasteiger partial charge is 0.480 e. The molecule has 0 saturated heterocycles. The maximum Gasteiger partial charge on any atom is 0.328 e. The summed E-state index contributed by atoms with van der Waals surface area (Å²) in [7, 11) is 0. The lowest BCUT2D eigenvalue weighted by Gasteiger charge is -2.22. The van der Waals surface area contributed by atoms with Gasteiger partial charge in [0.15, 0.2) is 0 Å². The van der Waals surface area contributed by atoms with Crippen LogP contribution in [0.4, 0.5) is 0 Å². The van der Waals surface area contributed by atoms with Gasteiger partial charge in [-0.25, -0.2) is 4.79 Å². The number of aryl methyl sites for hydroxylation is 1. The molecule has 0 radical (unpaired) electrons. The summed E-state index contributed by atoms with van der Waals surface area (Å²) in [6.07, 6.45) is 0.788. The van der Waals surface area contributed by atoms with Crippen LogP contribution in [0, 0.1) is 0 Å². The van der Waals surface area contributed by atoms with E-state index in [2.05, 4.69) is 0 Å². The Morgan fingerprint density at radius 2 is 2.07 bits per heavy atom. The van der Waals surface area contributed by atoms with Crippen LogP contribution in [0.3, 0.4) is 0 Å². The van der Waals surface area contributed by atoms with Gasteiger partial charge < -0.3 is 10.8 Å². The summed E-state index contributed by atoms with van der Waals surface area (Å²) in [6, 6.07) is 7.37. The zero-order chi connectivity index (χ0) is 10.8. The summed E-state index contributed by atoms with van der Waals surface area (Å²) in [5, 5.41) is 8.99. The molecule has 0 amide bonds. The Hall–Kier alpha value is -1.35. The van der Waals surface area contributed by atoms with E-state index in [0.29, 0.717) is 5.56 Å². The van der Waals surface area contributed by atoms with Crippen molar-refractivity contribution in [3.05, 3.63) is 35.4 Å². The van der Waals surface area contributed by atoms with Gasteiger partial charge in [-0.15, -0.1) is 0 Å². The highest BCUT2D eigenvalue weighted by molar-refractivity contribution is 5.80. The number of rotatable bonds is 3. The van der Waals surface area contributed by atoms with Crippen molar-refractivity contribution < 1.29 is 9.90 Å². The predicted octanol–water partition coefficient (Wildman–Crippen LogP) is 1.51. The molecular weight excluding hydrogens is 178 g/mol. The molecule has 0 heterocycles. The third kappa shape index (κ3) is 1.77. The Bertz CT molecular complexity index is 345. The van der Waals surface area contributed by atoms with E-state index < -0.39 is 11.5 Å². The first-order chi connectivity index (χ1) is 6.50. The Balaban J connectivity index is 3.24. The number of hydrogen-bond donors (Lipinski definition) is 2. The smallest absolute Gasteiger partial charge is 0.328 e. The van der Waals surface area contributed by atoms with Crippen molar-refractivity contribution in [2.45, 2.75) is 25.8 Å². The summed E-state index contributed by atoms with van der Waals surface area (Å²) in [6.45, 7) is 3.50. The van der Waals surface area contributed by atoms with Gasteiger partial charge in [-0.2, -0.15) is 0 Å². The molecule has 14 heavy (non-hydrogen) atoms. The minimum Gasteiger partial charge on any atom is -0.480 e. The van der Waals surface area contributed by atoms with Crippen LogP contribution >= 0.6 is 0 Å². The van der Waals surface area contributed by atoms with Crippen molar-refractivity contribution in [2.24, 2.45) is 5.73 Å². The molecule has 0 aromatic heterocycles. The van der Waals surface area contributed by atoms with Crippen LogP contribution < -0.4 is 5.73 Å². The number of carboxylic acid groups (broad SMARTS) is 1. The fraction of sp³-hybridized carbons (Fsp3) is 0.364. The second-order valence-corrected chi connectivity index (χ2v) is 3.52. The van der Waals surface area contributed by atoms with Gasteiger partial charge in [-0.1, -0.05) is 31.2 Å². The molecule has 3 N–H and O–H groups in total. The molecule has 76 valence electrons. The van der Waals surface area contributed by atoms with E-state index in [0.717, 1.165) is 12.0 Å². The van der Waals surface area contributed by atoms with Crippen LogP contribution in [0.2, 0.25) is 0 Å². The maximum absolute atomic E-state index is 11.0. The van der Waals surface area contributed by atoms with Crippen molar-refractivity contribution in [2.75, 3.05) is 0 Å². The third-order valence-corrected chi connectivity index (χ3v) is 2.40. The van der Waals surface area contributed by atoms with E-state index in [1.165, 1.54) is 6.92 Å². The highest BCUT2D eigenvalue weighted by Crippen LogP contribution is 2.22. The Kier molecular flexibility index (Phi) is 2.91. The molecule has 0 unspecified atom stereocenters. The quantitative estimate of drug-likeness (QED) is 0.764. The van der Waals surface area contributed by atoms with Crippen LogP contribution in [0.1, 0.15) is 25.0 Å². The lowest BCUT2D eigenvalue weighted by atomic mass is 9.88. The van der Waals surface area contributed by atoms with Gasteiger partial charge >= 0.3 is 5.97 Å². The lowest BCUT2D eigenvalue weighted by Crippen LogP contribution is -2.42. The molecule has 0 aliphatic heterocycles. The van der Waals surface area contributed by atoms with Gasteiger partial charge in [0, 0.05) is 0 Å². The molecule has 1 aromatic rings. The van der Waals surface area contributed by atoms with Crippen LogP contribution in [0.15, 0.2) is 24.3 Å². The molecule has 3 heteroatoms.